The molecule has 0 bridgehead atoms. The summed E-state index contributed by atoms with van der Waals surface area (Å²) in [4.78, 5) is 40.1. The van der Waals surface area contributed by atoms with Gasteiger partial charge in [0.15, 0.2) is 5.41 Å². The Morgan fingerprint density at radius 2 is 1.56 bits per heavy atom. The van der Waals surface area contributed by atoms with Crippen molar-refractivity contribution in [2.75, 3.05) is 18.7 Å². The number of hydrogen-bond donors (Lipinski definition) is 1. The molecule has 1 heterocycles. The Morgan fingerprint density at radius 1 is 0.976 bits per heavy atom. The molecule has 14 heteroatoms. The number of fused-ring (bicyclic) bond motifs is 1. The van der Waals surface area contributed by atoms with Crippen LogP contribution < -0.4 is 5.32 Å². The second-order valence-electron chi connectivity index (χ2n) is 10.3. The normalized spacial score (nSPS) is 15.8. The second-order valence-corrected chi connectivity index (χ2v) is 11.2. The number of thioether (sulfide) groups is 1. The predicted molar refractivity (Wildman–Crippen MR) is 138 cm³/mol. The molecule has 0 saturated heterocycles. The van der Waals surface area contributed by atoms with Crippen molar-refractivity contribution in [3.63, 3.8) is 0 Å². The highest BCUT2D eigenvalue weighted by Gasteiger charge is 2.72. The molecule has 0 spiro atoms. The Labute approximate surface area is 236 Å². The van der Waals surface area contributed by atoms with Gasteiger partial charge in [0.2, 0.25) is 0 Å². The van der Waals surface area contributed by atoms with Gasteiger partial charge in [-0.3, -0.25) is 14.5 Å². The molecule has 1 aliphatic heterocycles. The first kappa shape index (κ1) is 32.1. The van der Waals surface area contributed by atoms with E-state index in [9.17, 15) is 40.7 Å². The molecule has 41 heavy (non-hydrogen) atoms. The maximum Gasteiger partial charge on any atom is 0.411 e. The molecular formula is C27H28F6N2O5S. The standard InChI is InChI=1S/C27H28F6N2O5S/c1-24(2,3)40-23(38)35-14-15-12-18(41-5)10-11-19(15)21(35)22(37)34-17-8-6-16(7-9-17)25(26(28,29)30,27(31,32)33)13-20(36)39-4/h6-12,21H,13-14H2,1-5H3,(H,34,37). The summed E-state index contributed by atoms with van der Waals surface area (Å²) in [6.07, 6.45) is -12.8. The van der Waals surface area contributed by atoms with Crippen LogP contribution in [0.15, 0.2) is 47.4 Å². The number of esters is 1. The number of rotatable bonds is 6. The van der Waals surface area contributed by atoms with E-state index in [1.54, 1.807) is 32.9 Å². The molecule has 3 rings (SSSR count). The van der Waals surface area contributed by atoms with Gasteiger partial charge in [0.05, 0.1) is 20.1 Å². The number of carbonyl (C=O) groups excluding carboxylic acids is 3. The first-order chi connectivity index (χ1) is 18.8. The molecule has 0 aliphatic carbocycles. The van der Waals surface area contributed by atoms with Crippen LogP contribution in [-0.4, -0.2) is 54.2 Å². The number of ether oxygens (including phenoxy) is 2. The van der Waals surface area contributed by atoms with Gasteiger partial charge in [-0.05, 0) is 68.0 Å². The number of halogens is 6. The van der Waals surface area contributed by atoms with Gasteiger partial charge in [0.25, 0.3) is 5.91 Å². The van der Waals surface area contributed by atoms with Gasteiger partial charge in [-0.2, -0.15) is 26.3 Å². The van der Waals surface area contributed by atoms with E-state index >= 15 is 0 Å². The number of benzene rings is 2. The quantitative estimate of drug-likeness (QED) is 0.222. The molecule has 7 nitrogen and oxygen atoms in total. The SMILES string of the molecule is COC(=O)CC(c1ccc(NC(=O)C2c3ccc(SC)cc3CN2C(=O)OC(C)(C)C)cc1)(C(F)(F)F)C(F)(F)F. The first-order valence-corrected chi connectivity index (χ1v) is 13.3. The summed E-state index contributed by atoms with van der Waals surface area (Å²) in [7, 11) is 0.683. The Hall–Kier alpha value is -3.42. The topological polar surface area (TPSA) is 84.9 Å². The maximum absolute atomic E-state index is 14.0. The van der Waals surface area contributed by atoms with Crippen molar-refractivity contribution < 1.29 is 50.2 Å². The first-order valence-electron chi connectivity index (χ1n) is 12.1. The average Bonchev–Trinajstić information content (AvgIpc) is 3.24. The van der Waals surface area contributed by atoms with E-state index in [0.717, 1.165) is 17.0 Å². The lowest BCUT2D eigenvalue weighted by molar-refractivity contribution is -0.304. The minimum absolute atomic E-state index is 0.0445. The fourth-order valence-corrected chi connectivity index (χ4v) is 4.92. The number of anilines is 1. The van der Waals surface area contributed by atoms with Crippen LogP contribution in [0.1, 0.15) is 49.9 Å². The summed E-state index contributed by atoms with van der Waals surface area (Å²) >= 11 is 1.45. The Bertz CT molecular complexity index is 1290. The van der Waals surface area contributed by atoms with E-state index in [0.29, 0.717) is 30.4 Å². The Balaban J connectivity index is 1.97. The molecule has 0 fully saturated rings. The van der Waals surface area contributed by atoms with Crippen molar-refractivity contribution >= 4 is 35.4 Å². The molecule has 1 aliphatic rings. The zero-order valence-corrected chi connectivity index (χ0v) is 23.5. The summed E-state index contributed by atoms with van der Waals surface area (Å²) in [6, 6.07) is 6.87. The number of amides is 2. The fourth-order valence-electron chi connectivity index (χ4n) is 4.46. The van der Waals surface area contributed by atoms with Gasteiger partial charge >= 0.3 is 24.4 Å². The molecule has 1 unspecified atom stereocenters. The van der Waals surface area contributed by atoms with Crippen LogP contribution in [0.3, 0.4) is 0 Å². The van der Waals surface area contributed by atoms with Crippen LogP contribution >= 0.6 is 11.8 Å². The van der Waals surface area contributed by atoms with Gasteiger partial charge in [0.1, 0.15) is 11.6 Å². The van der Waals surface area contributed by atoms with Crippen molar-refractivity contribution in [2.24, 2.45) is 0 Å². The number of carbonyl (C=O) groups is 3. The van der Waals surface area contributed by atoms with Gasteiger partial charge in [-0.1, -0.05) is 18.2 Å². The Kier molecular flexibility index (Phi) is 8.97. The third-order valence-electron chi connectivity index (χ3n) is 6.42. The lowest BCUT2D eigenvalue weighted by atomic mass is 9.76. The van der Waals surface area contributed by atoms with Gasteiger partial charge in [-0.25, -0.2) is 4.79 Å². The maximum atomic E-state index is 14.0. The van der Waals surface area contributed by atoms with Crippen LogP contribution in [0.2, 0.25) is 0 Å². The minimum Gasteiger partial charge on any atom is -0.469 e. The van der Waals surface area contributed by atoms with Crippen molar-refractivity contribution in [2.45, 2.75) is 68.0 Å². The third-order valence-corrected chi connectivity index (χ3v) is 7.15. The summed E-state index contributed by atoms with van der Waals surface area (Å²) < 4.78 is 93.3. The monoisotopic (exact) mass is 606 g/mol. The number of nitrogens with one attached hydrogen (secondary N) is 1. The molecule has 2 amide bonds. The van der Waals surface area contributed by atoms with Gasteiger partial charge < -0.3 is 14.8 Å². The minimum atomic E-state index is -5.90. The van der Waals surface area contributed by atoms with E-state index in [2.05, 4.69) is 10.1 Å². The molecule has 0 radical (unpaired) electrons. The highest BCUT2D eigenvalue weighted by molar-refractivity contribution is 7.98. The highest BCUT2D eigenvalue weighted by Crippen LogP contribution is 2.54. The van der Waals surface area contributed by atoms with Crippen molar-refractivity contribution in [3.05, 3.63) is 59.2 Å². The molecule has 224 valence electrons. The fraction of sp³-hybridized carbons (Fsp3) is 0.444. The number of hydrogen-bond acceptors (Lipinski definition) is 6. The summed E-state index contributed by atoms with van der Waals surface area (Å²) in [5, 5.41) is 2.46. The van der Waals surface area contributed by atoms with Gasteiger partial charge in [-0.15, -0.1) is 11.8 Å². The zero-order valence-electron chi connectivity index (χ0n) is 22.7. The van der Waals surface area contributed by atoms with Gasteiger partial charge in [0, 0.05) is 10.6 Å². The lowest BCUT2D eigenvalue weighted by Crippen LogP contribution is -2.55. The molecule has 1 atom stereocenters. The largest absolute Gasteiger partial charge is 0.469 e. The zero-order chi connectivity index (χ0) is 31.0. The average molecular weight is 607 g/mol. The summed E-state index contributed by atoms with van der Waals surface area (Å²) in [5.41, 5.74) is -5.63. The Morgan fingerprint density at radius 3 is 2.05 bits per heavy atom. The number of alkyl halides is 6. The van der Waals surface area contributed by atoms with E-state index in [-0.39, 0.29) is 12.2 Å². The van der Waals surface area contributed by atoms with Crippen LogP contribution in [-0.2, 0) is 31.0 Å². The van der Waals surface area contributed by atoms with Crippen LogP contribution in [0.5, 0.6) is 0 Å². The van der Waals surface area contributed by atoms with E-state index in [4.69, 9.17) is 4.74 Å². The van der Waals surface area contributed by atoms with Crippen LogP contribution in [0, 0.1) is 0 Å². The molecule has 2 aromatic rings. The lowest BCUT2D eigenvalue weighted by Gasteiger charge is -2.37. The van der Waals surface area contributed by atoms with Crippen molar-refractivity contribution in [3.8, 4) is 0 Å². The van der Waals surface area contributed by atoms with Crippen LogP contribution in [0.4, 0.5) is 36.8 Å². The molecule has 0 aromatic heterocycles. The van der Waals surface area contributed by atoms with E-state index < -0.39 is 59.4 Å². The van der Waals surface area contributed by atoms with E-state index in [1.165, 1.54) is 16.7 Å². The molecular weight excluding hydrogens is 578 g/mol. The predicted octanol–water partition coefficient (Wildman–Crippen LogP) is 6.76. The molecule has 2 aromatic carbocycles. The molecule has 0 saturated carbocycles. The second kappa shape index (κ2) is 11.5. The summed E-state index contributed by atoms with van der Waals surface area (Å²) in [5.74, 6) is -2.46. The van der Waals surface area contributed by atoms with Crippen molar-refractivity contribution in [1.29, 1.82) is 0 Å². The number of methoxy groups -OCH3 is 1. The van der Waals surface area contributed by atoms with Crippen molar-refractivity contribution in [1.82, 2.24) is 4.90 Å². The highest BCUT2D eigenvalue weighted by atomic mass is 32.2. The molecule has 1 N–H and O–H groups in total. The van der Waals surface area contributed by atoms with Crippen LogP contribution in [0.25, 0.3) is 0 Å². The smallest absolute Gasteiger partial charge is 0.411 e. The third kappa shape index (κ3) is 6.57. The number of nitrogens with zero attached hydrogens (tertiary/aromatic N) is 1. The van der Waals surface area contributed by atoms with E-state index in [1.807, 2.05) is 12.3 Å². The summed E-state index contributed by atoms with van der Waals surface area (Å²) in [6.45, 7) is 5.00.